The topological polar surface area (TPSA) is 58.3 Å². The van der Waals surface area contributed by atoms with Gasteiger partial charge in [-0.05, 0) is 24.8 Å². The van der Waals surface area contributed by atoms with Crippen molar-refractivity contribution in [2.45, 2.75) is 19.9 Å². The fraction of sp³-hybridized carbons (Fsp3) is 0.438. The lowest BCUT2D eigenvalue weighted by molar-refractivity contribution is 0.282. The maximum absolute atomic E-state index is 5.62. The lowest BCUT2D eigenvalue weighted by atomic mass is 10.3. The summed E-state index contributed by atoms with van der Waals surface area (Å²) >= 11 is 3.14. The van der Waals surface area contributed by atoms with Crippen molar-refractivity contribution in [2.24, 2.45) is 0 Å². The number of thiophene rings is 1. The van der Waals surface area contributed by atoms with Crippen molar-refractivity contribution in [1.29, 1.82) is 0 Å². The van der Waals surface area contributed by atoms with Crippen LogP contribution in [0.25, 0.3) is 10.8 Å². The van der Waals surface area contributed by atoms with Gasteiger partial charge in [0.2, 0.25) is 11.0 Å². The van der Waals surface area contributed by atoms with Crippen LogP contribution in [0.2, 0.25) is 0 Å². The predicted octanol–water partition coefficient (Wildman–Crippen LogP) is 3.28. The Balaban J connectivity index is 1.37. The van der Waals surface area contributed by atoms with Crippen LogP contribution in [-0.2, 0) is 6.54 Å². The Bertz CT molecular complexity index is 782. The molecule has 0 amide bonds. The third kappa shape index (κ3) is 3.50. The average Bonchev–Trinajstić information content (AvgIpc) is 3.29. The molecule has 0 saturated carbocycles. The molecule has 0 aliphatic carbocycles. The summed E-state index contributed by atoms with van der Waals surface area (Å²) in [4.78, 5) is 15.0. The maximum Gasteiger partial charge on any atom is 0.236 e. The van der Waals surface area contributed by atoms with Crippen molar-refractivity contribution in [3.8, 4) is 10.8 Å². The van der Waals surface area contributed by atoms with Crippen molar-refractivity contribution in [3.05, 3.63) is 35.3 Å². The van der Waals surface area contributed by atoms with Crippen LogP contribution in [-0.4, -0.2) is 45.4 Å². The first kappa shape index (κ1) is 15.7. The molecule has 0 unspecified atom stereocenters. The standard InChI is InChI=1S/C16H19N5OS2/c1-12-17-16(24-19-12)21-6-3-5-20(7-8-21)10-13-11-22-15(18-13)14-4-2-9-23-14/h2,4,9,11H,3,5-8,10H2,1H3. The van der Waals surface area contributed by atoms with Gasteiger partial charge in [-0.1, -0.05) is 6.07 Å². The first-order chi connectivity index (χ1) is 11.8. The lowest BCUT2D eigenvalue weighted by Crippen LogP contribution is -2.30. The smallest absolute Gasteiger partial charge is 0.236 e. The van der Waals surface area contributed by atoms with Crippen LogP contribution in [0.1, 0.15) is 17.9 Å². The molecule has 3 aromatic rings. The number of oxazole rings is 1. The Morgan fingerprint density at radius 3 is 2.96 bits per heavy atom. The van der Waals surface area contributed by atoms with E-state index in [1.54, 1.807) is 17.6 Å². The Labute approximate surface area is 148 Å². The number of rotatable bonds is 4. The van der Waals surface area contributed by atoms with Crippen molar-refractivity contribution >= 4 is 28.0 Å². The summed E-state index contributed by atoms with van der Waals surface area (Å²) in [6, 6.07) is 4.05. The highest BCUT2D eigenvalue weighted by atomic mass is 32.1. The number of aryl methyl sites for hydroxylation is 1. The molecule has 1 aliphatic heterocycles. The molecule has 0 bridgehead atoms. The van der Waals surface area contributed by atoms with Crippen molar-refractivity contribution in [3.63, 3.8) is 0 Å². The zero-order valence-electron chi connectivity index (χ0n) is 13.5. The summed E-state index contributed by atoms with van der Waals surface area (Å²) in [6.45, 7) is 6.85. The van der Waals surface area contributed by atoms with Gasteiger partial charge in [0.25, 0.3) is 0 Å². The summed E-state index contributed by atoms with van der Waals surface area (Å²) in [6.07, 6.45) is 2.90. The molecule has 4 heterocycles. The molecule has 126 valence electrons. The molecule has 0 spiro atoms. The Hall–Kier alpha value is -1.77. The van der Waals surface area contributed by atoms with E-state index < -0.39 is 0 Å². The van der Waals surface area contributed by atoms with E-state index in [4.69, 9.17) is 4.42 Å². The molecule has 0 atom stereocenters. The van der Waals surface area contributed by atoms with Gasteiger partial charge in [-0.3, -0.25) is 4.90 Å². The van der Waals surface area contributed by atoms with Crippen molar-refractivity contribution in [1.82, 2.24) is 19.2 Å². The van der Waals surface area contributed by atoms with E-state index in [0.29, 0.717) is 0 Å². The second-order valence-electron chi connectivity index (χ2n) is 5.86. The van der Waals surface area contributed by atoms with Crippen LogP contribution in [0.15, 0.2) is 28.2 Å². The van der Waals surface area contributed by atoms with Gasteiger partial charge in [0.05, 0.1) is 10.6 Å². The van der Waals surface area contributed by atoms with Crippen LogP contribution in [0.4, 0.5) is 5.13 Å². The molecule has 3 aromatic heterocycles. The molecule has 1 fully saturated rings. The highest BCUT2D eigenvalue weighted by Crippen LogP contribution is 2.24. The van der Waals surface area contributed by atoms with E-state index in [2.05, 4.69) is 24.1 Å². The molecule has 24 heavy (non-hydrogen) atoms. The van der Waals surface area contributed by atoms with Gasteiger partial charge in [0, 0.05) is 44.3 Å². The summed E-state index contributed by atoms with van der Waals surface area (Å²) < 4.78 is 9.91. The highest BCUT2D eigenvalue weighted by Gasteiger charge is 2.19. The monoisotopic (exact) mass is 361 g/mol. The summed E-state index contributed by atoms with van der Waals surface area (Å²) in [5, 5.41) is 3.08. The van der Waals surface area contributed by atoms with Gasteiger partial charge in [-0.25, -0.2) is 9.97 Å². The first-order valence-corrected chi connectivity index (χ1v) is 9.69. The second-order valence-corrected chi connectivity index (χ2v) is 7.54. The van der Waals surface area contributed by atoms with Gasteiger partial charge in [0.15, 0.2) is 0 Å². The van der Waals surface area contributed by atoms with Gasteiger partial charge in [-0.2, -0.15) is 4.37 Å². The molecular formula is C16H19N5OS2. The fourth-order valence-corrected chi connectivity index (χ4v) is 4.24. The molecule has 4 rings (SSSR count). The third-order valence-corrected chi connectivity index (χ3v) is 5.77. The molecule has 0 aromatic carbocycles. The molecule has 0 N–H and O–H groups in total. The number of nitrogens with zero attached hydrogens (tertiary/aromatic N) is 5. The van der Waals surface area contributed by atoms with Crippen LogP contribution < -0.4 is 4.90 Å². The fourth-order valence-electron chi connectivity index (χ4n) is 2.86. The van der Waals surface area contributed by atoms with Crippen molar-refractivity contribution in [2.75, 3.05) is 31.1 Å². The average molecular weight is 361 g/mol. The summed E-state index contributed by atoms with van der Waals surface area (Å²) in [5.74, 6) is 1.58. The third-order valence-electron chi connectivity index (χ3n) is 4.05. The van der Waals surface area contributed by atoms with Crippen LogP contribution in [0.5, 0.6) is 0 Å². The van der Waals surface area contributed by atoms with E-state index in [-0.39, 0.29) is 0 Å². The van der Waals surface area contributed by atoms with E-state index in [1.807, 2.05) is 24.4 Å². The van der Waals surface area contributed by atoms with E-state index in [0.717, 1.165) is 66.6 Å². The molecule has 6 nitrogen and oxygen atoms in total. The van der Waals surface area contributed by atoms with Gasteiger partial charge in [-0.15, -0.1) is 11.3 Å². The summed E-state index contributed by atoms with van der Waals surface area (Å²) in [7, 11) is 0. The molecule has 1 aliphatic rings. The second kappa shape index (κ2) is 7.00. The SMILES string of the molecule is Cc1nsc(N2CCCN(Cc3coc(-c4cccs4)n3)CC2)n1. The van der Waals surface area contributed by atoms with E-state index >= 15 is 0 Å². The van der Waals surface area contributed by atoms with Gasteiger partial charge in [0.1, 0.15) is 12.1 Å². The summed E-state index contributed by atoms with van der Waals surface area (Å²) in [5.41, 5.74) is 0.999. The highest BCUT2D eigenvalue weighted by molar-refractivity contribution is 7.13. The van der Waals surface area contributed by atoms with Crippen LogP contribution in [0.3, 0.4) is 0 Å². The largest absolute Gasteiger partial charge is 0.444 e. The predicted molar refractivity (Wildman–Crippen MR) is 96.6 cm³/mol. The van der Waals surface area contributed by atoms with E-state index in [1.165, 1.54) is 11.5 Å². The molecular weight excluding hydrogens is 342 g/mol. The van der Waals surface area contributed by atoms with Gasteiger partial charge < -0.3 is 9.32 Å². The minimum Gasteiger partial charge on any atom is -0.444 e. The quantitative estimate of drug-likeness (QED) is 0.711. The van der Waals surface area contributed by atoms with Crippen LogP contribution >= 0.6 is 22.9 Å². The van der Waals surface area contributed by atoms with Gasteiger partial charge >= 0.3 is 0 Å². The lowest BCUT2D eigenvalue weighted by Gasteiger charge is -2.20. The first-order valence-electron chi connectivity index (χ1n) is 8.04. The normalized spacial score (nSPS) is 16.5. The molecule has 1 saturated heterocycles. The minimum atomic E-state index is 0.723. The maximum atomic E-state index is 5.62. The Kier molecular flexibility index (Phi) is 4.59. The zero-order valence-corrected chi connectivity index (χ0v) is 15.1. The minimum absolute atomic E-state index is 0.723. The number of anilines is 1. The van der Waals surface area contributed by atoms with Crippen molar-refractivity contribution < 1.29 is 4.42 Å². The van der Waals surface area contributed by atoms with E-state index in [9.17, 15) is 0 Å². The Morgan fingerprint density at radius 2 is 2.17 bits per heavy atom. The zero-order chi connectivity index (χ0) is 16.4. The molecule has 0 radical (unpaired) electrons. The van der Waals surface area contributed by atoms with Crippen LogP contribution in [0, 0.1) is 6.92 Å². The number of hydrogen-bond donors (Lipinski definition) is 0. The Morgan fingerprint density at radius 1 is 1.21 bits per heavy atom. The molecule has 8 heteroatoms. The number of aromatic nitrogens is 3. The number of hydrogen-bond acceptors (Lipinski definition) is 8.